The smallest absolute Gasteiger partial charge is 0.176 e. The first-order valence-corrected chi connectivity index (χ1v) is 9.37. The molecule has 0 saturated heterocycles. The number of halogens is 4. The summed E-state index contributed by atoms with van der Waals surface area (Å²) in [4.78, 5) is 0. The maximum Gasteiger partial charge on any atom is 0.176 e. The minimum atomic E-state index is -0.309. The van der Waals surface area contributed by atoms with Gasteiger partial charge in [-0.3, -0.25) is 4.68 Å². The van der Waals surface area contributed by atoms with Gasteiger partial charge < -0.3 is 10.6 Å². The second kappa shape index (κ2) is 8.35. The van der Waals surface area contributed by atoms with Crippen molar-refractivity contribution in [3.8, 4) is 0 Å². The van der Waals surface area contributed by atoms with Gasteiger partial charge in [-0.25, -0.2) is 4.39 Å². The van der Waals surface area contributed by atoms with E-state index < -0.39 is 0 Å². The van der Waals surface area contributed by atoms with Gasteiger partial charge in [0.15, 0.2) is 10.9 Å². The Labute approximate surface area is 173 Å². The van der Waals surface area contributed by atoms with Crippen LogP contribution in [0.25, 0.3) is 0 Å². The topological polar surface area (TPSA) is 41.9 Å². The van der Waals surface area contributed by atoms with Gasteiger partial charge in [0.1, 0.15) is 5.82 Å². The minimum absolute atomic E-state index is 0.309. The molecular weight excluding hydrogens is 462 g/mol. The van der Waals surface area contributed by atoms with Gasteiger partial charge in [-0.05, 0) is 70.1 Å². The molecule has 0 bridgehead atoms. The summed E-state index contributed by atoms with van der Waals surface area (Å²) in [6.45, 7) is 0.481. The van der Waals surface area contributed by atoms with Crippen LogP contribution in [0.5, 0.6) is 0 Å². The number of nitrogens with zero attached hydrogens (tertiary/aromatic N) is 2. The largest absolute Gasteiger partial charge is 0.332 e. The predicted molar refractivity (Wildman–Crippen MR) is 112 cm³/mol. The number of hydrogen-bond donors (Lipinski definition) is 2. The van der Waals surface area contributed by atoms with Crippen LogP contribution >= 0.6 is 51.3 Å². The van der Waals surface area contributed by atoms with E-state index in [4.69, 9.17) is 35.4 Å². The summed E-state index contributed by atoms with van der Waals surface area (Å²) >= 11 is 20.8. The summed E-state index contributed by atoms with van der Waals surface area (Å²) in [7, 11) is 0. The van der Waals surface area contributed by atoms with Crippen molar-refractivity contribution in [3.05, 3.63) is 74.6 Å². The molecule has 9 heteroatoms. The van der Waals surface area contributed by atoms with Crippen molar-refractivity contribution in [1.29, 1.82) is 0 Å². The molecule has 2 aromatic carbocycles. The van der Waals surface area contributed by atoms with Crippen molar-refractivity contribution in [2.45, 2.75) is 6.54 Å². The van der Waals surface area contributed by atoms with E-state index in [0.29, 0.717) is 33.2 Å². The summed E-state index contributed by atoms with van der Waals surface area (Å²) in [6, 6.07) is 11.2. The number of benzene rings is 2. The number of nitrogens with one attached hydrogen (secondary N) is 2. The first kappa shape index (κ1) is 19.1. The standard InChI is InChI=1S/C17H12BrCl2FN4S/c18-14-9-25(8-10-1-2-11(19)7-15(10)20)24-16(14)23-17(26)22-13-5-3-12(21)4-6-13/h1-7,9H,8H2,(H2,22,23,24,26). The first-order valence-electron chi connectivity index (χ1n) is 7.41. The Morgan fingerprint density at radius 1 is 1.15 bits per heavy atom. The normalized spacial score (nSPS) is 10.6. The van der Waals surface area contributed by atoms with Crippen LogP contribution < -0.4 is 10.6 Å². The lowest BCUT2D eigenvalue weighted by Crippen LogP contribution is -2.19. The van der Waals surface area contributed by atoms with E-state index in [-0.39, 0.29) is 5.82 Å². The number of thiocarbonyl (C=S) groups is 1. The highest BCUT2D eigenvalue weighted by Crippen LogP contribution is 2.24. The zero-order valence-corrected chi connectivity index (χ0v) is 17.1. The van der Waals surface area contributed by atoms with Gasteiger partial charge in [0.05, 0.1) is 11.0 Å². The maximum atomic E-state index is 12.9. The molecule has 1 heterocycles. The molecule has 26 heavy (non-hydrogen) atoms. The van der Waals surface area contributed by atoms with E-state index in [1.807, 2.05) is 12.3 Å². The number of aromatic nitrogens is 2. The molecule has 0 atom stereocenters. The van der Waals surface area contributed by atoms with Gasteiger partial charge in [-0.15, -0.1) is 0 Å². The van der Waals surface area contributed by atoms with E-state index >= 15 is 0 Å². The fourth-order valence-electron chi connectivity index (χ4n) is 2.19. The van der Waals surface area contributed by atoms with Gasteiger partial charge >= 0.3 is 0 Å². The first-order chi connectivity index (χ1) is 12.4. The zero-order valence-electron chi connectivity index (χ0n) is 13.1. The lowest BCUT2D eigenvalue weighted by molar-refractivity contribution is 0.628. The lowest BCUT2D eigenvalue weighted by atomic mass is 10.2. The van der Waals surface area contributed by atoms with Crippen molar-refractivity contribution in [2.75, 3.05) is 10.6 Å². The Balaban J connectivity index is 1.67. The number of hydrogen-bond acceptors (Lipinski definition) is 2. The van der Waals surface area contributed by atoms with E-state index in [1.54, 1.807) is 28.9 Å². The summed E-state index contributed by atoms with van der Waals surface area (Å²) < 4.78 is 15.4. The molecule has 0 aliphatic heterocycles. The summed E-state index contributed by atoms with van der Waals surface area (Å²) in [5, 5.41) is 11.9. The van der Waals surface area contributed by atoms with E-state index in [0.717, 1.165) is 10.0 Å². The monoisotopic (exact) mass is 472 g/mol. The van der Waals surface area contributed by atoms with Crippen molar-refractivity contribution in [2.24, 2.45) is 0 Å². The maximum absolute atomic E-state index is 12.9. The molecule has 4 nitrogen and oxygen atoms in total. The Bertz CT molecular complexity index is 946. The van der Waals surface area contributed by atoms with Crippen LogP contribution in [-0.4, -0.2) is 14.9 Å². The summed E-state index contributed by atoms with van der Waals surface area (Å²) in [6.07, 6.45) is 1.81. The van der Waals surface area contributed by atoms with Crippen LogP contribution in [0.4, 0.5) is 15.9 Å². The predicted octanol–water partition coefficient (Wildman–Crippen LogP) is 5.95. The van der Waals surface area contributed by atoms with Gasteiger partial charge in [-0.1, -0.05) is 29.3 Å². The molecule has 0 amide bonds. The van der Waals surface area contributed by atoms with Crippen LogP contribution in [0.2, 0.25) is 10.0 Å². The zero-order chi connectivity index (χ0) is 18.7. The highest BCUT2D eigenvalue weighted by molar-refractivity contribution is 9.10. The second-order valence-electron chi connectivity index (χ2n) is 5.34. The fraction of sp³-hybridized carbons (Fsp3) is 0.0588. The van der Waals surface area contributed by atoms with Crippen LogP contribution in [0.1, 0.15) is 5.56 Å². The Morgan fingerprint density at radius 2 is 1.88 bits per heavy atom. The Morgan fingerprint density at radius 3 is 2.58 bits per heavy atom. The highest BCUT2D eigenvalue weighted by atomic mass is 79.9. The molecule has 134 valence electrons. The van der Waals surface area contributed by atoms with Crippen LogP contribution in [0, 0.1) is 5.82 Å². The van der Waals surface area contributed by atoms with Crippen molar-refractivity contribution in [1.82, 2.24) is 9.78 Å². The van der Waals surface area contributed by atoms with Gasteiger partial charge in [0, 0.05) is 21.9 Å². The number of rotatable bonds is 4. The fourth-order valence-corrected chi connectivity index (χ4v) is 3.29. The third-order valence-electron chi connectivity index (χ3n) is 3.40. The summed E-state index contributed by atoms with van der Waals surface area (Å²) in [5.74, 6) is 0.242. The minimum Gasteiger partial charge on any atom is -0.332 e. The molecule has 0 unspecified atom stereocenters. The van der Waals surface area contributed by atoms with Gasteiger partial charge in [0.2, 0.25) is 0 Å². The third kappa shape index (κ3) is 4.94. The number of anilines is 2. The molecule has 0 fully saturated rings. The van der Waals surface area contributed by atoms with Gasteiger partial charge in [-0.2, -0.15) is 5.10 Å². The average molecular weight is 474 g/mol. The average Bonchev–Trinajstić information content (AvgIpc) is 2.92. The second-order valence-corrected chi connectivity index (χ2v) is 7.45. The molecule has 0 radical (unpaired) electrons. The van der Waals surface area contributed by atoms with E-state index in [1.165, 1.54) is 12.1 Å². The van der Waals surface area contributed by atoms with Crippen LogP contribution in [-0.2, 0) is 6.54 Å². The molecule has 0 aliphatic rings. The SMILES string of the molecule is Fc1ccc(NC(=S)Nc2nn(Cc3ccc(Cl)cc3Cl)cc2Br)cc1. The van der Waals surface area contributed by atoms with E-state index in [2.05, 4.69) is 31.7 Å². The third-order valence-corrected chi connectivity index (χ3v) is 4.77. The van der Waals surface area contributed by atoms with E-state index in [9.17, 15) is 4.39 Å². The van der Waals surface area contributed by atoms with Crippen molar-refractivity contribution >= 4 is 68.0 Å². The molecule has 1 aromatic heterocycles. The quantitative estimate of drug-likeness (QED) is 0.459. The molecule has 0 aliphatic carbocycles. The lowest BCUT2D eigenvalue weighted by Gasteiger charge is -2.09. The molecule has 2 N–H and O–H groups in total. The van der Waals surface area contributed by atoms with Gasteiger partial charge in [0.25, 0.3) is 0 Å². The molecule has 3 rings (SSSR count). The molecule has 3 aromatic rings. The van der Waals surface area contributed by atoms with Crippen molar-refractivity contribution < 1.29 is 4.39 Å². The molecule has 0 saturated carbocycles. The van der Waals surface area contributed by atoms with Crippen LogP contribution in [0.15, 0.2) is 53.1 Å². The van der Waals surface area contributed by atoms with Crippen molar-refractivity contribution in [3.63, 3.8) is 0 Å². The molecule has 0 spiro atoms. The Kier molecular flexibility index (Phi) is 6.13. The summed E-state index contributed by atoms with van der Waals surface area (Å²) in [5.41, 5.74) is 1.57. The molecular formula is C17H12BrCl2FN4S. The highest BCUT2D eigenvalue weighted by Gasteiger charge is 2.10. The Hall–Kier alpha value is -1.67. The van der Waals surface area contributed by atoms with Crippen LogP contribution in [0.3, 0.4) is 0 Å².